The first-order valence-electron chi connectivity index (χ1n) is 10.7. The first-order chi connectivity index (χ1) is 15.0. The zero-order chi connectivity index (χ0) is 21.8. The number of amides is 3. The Morgan fingerprint density at radius 1 is 1.06 bits per heavy atom. The van der Waals surface area contributed by atoms with Crippen molar-refractivity contribution in [1.29, 1.82) is 0 Å². The van der Waals surface area contributed by atoms with E-state index in [0.29, 0.717) is 55.3 Å². The third kappa shape index (κ3) is 5.14. The second-order valence-electron chi connectivity index (χ2n) is 8.02. The number of rotatable bonds is 5. The van der Waals surface area contributed by atoms with Gasteiger partial charge in [-0.05, 0) is 62.9 Å². The van der Waals surface area contributed by atoms with Gasteiger partial charge in [-0.15, -0.1) is 0 Å². The van der Waals surface area contributed by atoms with Crippen molar-refractivity contribution in [2.75, 3.05) is 25.0 Å². The summed E-state index contributed by atoms with van der Waals surface area (Å²) in [6, 6.07) is 10.4. The molecule has 0 radical (unpaired) electrons. The monoisotopic (exact) mass is 425 g/mol. The predicted octanol–water partition coefficient (Wildman–Crippen LogP) is 2.74. The van der Waals surface area contributed by atoms with Crippen molar-refractivity contribution in [3.63, 3.8) is 0 Å². The van der Waals surface area contributed by atoms with Crippen LogP contribution in [0.15, 0.2) is 40.8 Å². The van der Waals surface area contributed by atoms with Gasteiger partial charge in [0, 0.05) is 37.0 Å². The quantitative estimate of drug-likeness (QED) is 0.767. The van der Waals surface area contributed by atoms with Crippen molar-refractivity contribution in [2.24, 2.45) is 0 Å². The maximum absolute atomic E-state index is 12.9. The zero-order valence-corrected chi connectivity index (χ0v) is 17.6. The van der Waals surface area contributed by atoms with Gasteiger partial charge < -0.3 is 24.7 Å². The number of aryl methyl sites for hydroxylation is 1. The summed E-state index contributed by atoms with van der Waals surface area (Å²) in [7, 11) is 0. The number of likely N-dealkylation sites (tertiary alicyclic amines) is 1. The van der Waals surface area contributed by atoms with E-state index in [0.717, 1.165) is 12.8 Å². The molecular weight excluding hydrogens is 398 g/mol. The van der Waals surface area contributed by atoms with Crippen LogP contribution in [0.3, 0.4) is 0 Å². The fourth-order valence-electron chi connectivity index (χ4n) is 3.96. The van der Waals surface area contributed by atoms with Gasteiger partial charge >= 0.3 is 0 Å². The number of benzene rings is 1. The molecule has 2 aliphatic rings. The minimum atomic E-state index is -0.418. The van der Waals surface area contributed by atoms with Crippen molar-refractivity contribution in [1.82, 2.24) is 10.2 Å². The Bertz CT molecular complexity index is 956. The fourth-order valence-corrected chi connectivity index (χ4v) is 3.96. The summed E-state index contributed by atoms with van der Waals surface area (Å²) in [5.74, 6) is 0.509. The van der Waals surface area contributed by atoms with Crippen molar-refractivity contribution in [3.8, 4) is 0 Å². The molecule has 2 fully saturated rings. The van der Waals surface area contributed by atoms with E-state index >= 15 is 0 Å². The maximum Gasteiger partial charge on any atom is 0.287 e. The Kier molecular flexibility index (Phi) is 6.36. The molecule has 8 heteroatoms. The van der Waals surface area contributed by atoms with Gasteiger partial charge in [0.2, 0.25) is 0 Å². The second kappa shape index (κ2) is 9.34. The minimum Gasteiger partial charge on any atom is -0.456 e. The van der Waals surface area contributed by atoms with Crippen molar-refractivity contribution in [2.45, 2.75) is 44.8 Å². The third-order valence-corrected chi connectivity index (χ3v) is 5.68. The van der Waals surface area contributed by atoms with Crippen molar-refractivity contribution in [3.05, 3.63) is 53.5 Å². The van der Waals surface area contributed by atoms with Gasteiger partial charge in [-0.1, -0.05) is 6.07 Å². The topological polar surface area (TPSA) is 101 Å². The molecule has 2 aliphatic heterocycles. The summed E-state index contributed by atoms with van der Waals surface area (Å²) < 4.78 is 10.8. The molecule has 1 unspecified atom stereocenters. The standard InChI is InChI=1S/C23H27N3O5/c1-15-7-8-20(31-15)22(28)24-17-9-11-26(12-10-17)23(29)16-4-2-5-18(14-16)25-21(27)19-6-3-13-30-19/h2,4-5,7-8,14,17,19H,3,6,9-13H2,1H3,(H,24,28)(H,25,27). The van der Waals surface area contributed by atoms with Crippen LogP contribution in [0.4, 0.5) is 5.69 Å². The van der Waals surface area contributed by atoms with Crippen LogP contribution in [0.1, 0.15) is 52.4 Å². The van der Waals surface area contributed by atoms with Crippen molar-refractivity contribution < 1.29 is 23.5 Å². The lowest BCUT2D eigenvalue weighted by molar-refractivity contribution is -0.124. The molecule has 31 heavy (non-hydrogen) atoms. The first kappa shape index (κ1) is 21.1. The van der Waals surface area contributed by atoms with Crippen LogP contribution < -0.4 is 10.6 Å². The van der Waals surface area contributed by atoms with E-state index in [1.165, 1.54) is 0 Å². The first-order valence-corrected chi connectivity index (χ1v) is 10.7. The minimum absolute atomic E-state index is 0.000935. The lowest BCUT2D eigenvalue weighted by Gasteiger charge is -2.32. The lowest BCUT2D eigenvalue weighted by Crippen LogP contribution is -2.46. The zero-order valence-electron chi connectivity index (χ0n) is 17.6. The van der Waals surface area contributed by atoms with Gasteiger partial charge in [0.1, 0.15) is 11.9 Å². The molecule has 3 heterocycles. The number of nitrogens with one attached hydrogen (secondary N) is 2. The molecule has 2 N–H and O–H groups in total. The molecule has 8 nitrogen and oxygen atoms in total. The molecule has 0 bridgehead atoms. The SMILES string of the molecule is Cc1ccc(C(=O)NC2CCN(C(=O)c3cccc(NC(=O)C4CCCO4)c3)CC2)o1. The molecule has 2 saturated heterocycles. The van der Waals surface area contributed by atoms with Crippen LogP contribution >= 0.6 is 0 Å². The van der Waals surface area contributed by atoms with E-state index in [1.54, 1.807) is 48.2 Å². The lowest BCUT2D eigenvalue weighted by atomic mass is 10.0. The number of piperidine rings is 1. The largest absolute Gasteiger partial charge is 0.456 e. The number of hydrogen-bond donors (Lipinski definition) is 2. The van der Waals surface area contributed by atoms with E-state index < -0.39 is 6.10 Å². The molecule has 0 saturated carbocycles. The van der Waals surface area contributed by atoms with E-state index in [1.807, 2.05) is 0 Å². The predicted molar refractivity (Wildman–Crippen MR) is 114 cm³/mol. The van der Waals surface area contributed by atoms with Crippen LogP contribution in [-0.4, -0.2) is 54.5 Å². The Labute approximate surface area is 180 Å². The molecule has 0 aliphatic carbocycles. The average Bonchev–Trinajstić information content (AvgIpc) is 3.46. The van der Waals surface area contributed by atoms with Crippen LogP contribution in [0.5, 0.6) is 0 Å². The van der Waals surface area contributed by atoms with E-state index in [-0.39, 0.29) is 23.8 Å². The number of furan rings is 1. The van der Waals surface area contributed by atoms with Gasteiger partial charge in [0.25, 0.3) is 17.7 Å². The molecule has 1 aromatic carbocycles. The highest BCUT2D eigenvalue weighted by atomic mass is 16.5. The molecule has 2 aromatic rings. The number of carbonyl (C=O) groups is 3. The third-order valence-electron chi connectivity index (χ3n) is 5.68. The highest BCUT2D eigenvalue weighted by Crippen LogP contribution is 2.19. The molecule has 1 aromatic heterocycles. The highest BCUT2D eigenvalue weighted by molar-refractivity contribution is 5.98. The summed E-state index contributed by atoms with van der Waals surface area (Å²) in [5, 5.41) is 5.81. The van der Waals surface area contributed by atoms with Crippen LogP contribution in [0, 0.1) is 6.92 Å². The van der Waals surface area contributed by atoms with E-state index in [9.17, 15) is 14.4 Å². The van der Waals surface area contributed by atoms with Gasteiger partial charge in [-0.2, -0.15) is 0 Å². The number of carbonyl (C=O) groups excluding carboxylic acids is 3. The summed E-state index contributed by atoms with van der Waals surface area (Å²) in [6.45, 7) is 3.50. The summed E-state index contributed by atoms with van der Waals surface area (Å²) in [5.41, 5.74) is 1.11. The maximum atomic E-state index is 12.9. The summed E-state index contributed by atoms with van der Waals surface area (Å²) >= 11 is 0. The van der Waals surface area contributed by atoms with Crippen LogP contribution in [0.25, 0.3) is 0 Å². The Balaban J connectivity index is 1.30. The molecule has 4 rings (SSSR count). The van der Waals surface area contributed by atoms with E-state index in [4.69, 9.17) is 9.15 Å². The summed E-state index contributed by atoms with van der Waals surface area (Å²) in [4.78, 5) is 39.2. The van der Waals surface area contributed by atoms with Crippen molar-refractivity contribution >= 4 is 23.4 Å². The number of ether oxygens (including phenoxy) is 1. The average molecular weight is 425 g/mol. The molecule has 164 valence electrons. The molecule has 0 spiro atoms. The Morgan fingerprint density at radius 2 is 1.87 bits per heavy atom. The normalized spacial score (nSPS) is 19.3. The fraction of sp³-hybridized carbons (Fsp3) is 0.435. The Hall–Kier alpha value is -3.13. The van der Waals surface area contributed by atoms with Gasteiger partial charge in [0.05, 0.1) is 0 Å². The van der Waals surface area contributed by atoms with Crippen LogP contribution in [0.2, 0.25) is 0 Å². The highest BCUT2D eigenvalue weighted by Gasteiger charge is 2.26. The van der Waals surface area contributed by atoms with Gasteiger partial charge in [0.15, 0.2) is 5.76 Å². The number of hydrogen-bond acceptors (Lipinski definition) is 5. The summed E-state index contributed by atoms with van der Waals surface area (Å²) in [6.07, 6.45) is 2.53. The number of anilines is 1. The second-order valence-corrected chi connectivity index (χ2v) is 8.02. The van der Waals surface area contributed by atoms with Gasteiger partial charge in [-0.25, -0.2) is 0 Å². The smallest absolute Gasteiger partial charge is 0.287 e. The van der Waals surface area contributed by atoms with Crippen LogP contribution in [-0.2, 0) is 9.53 Å². The Morgan fingerprint density at radius 3 is 2.55 bits per heavy atom. The molecule has 1 atom stereocenters. The van der Waals surface area contributed by atoms with E-state index in [2.05, 4.69) is 10.6 Å². The molecule has 3 amide bonds. The van der Waals surface area contributed by atoms with Gasteiger partial charge in [-0.3, -0.25) is 14.4 Å². The number of nitrogens with zero attached hydrogens (tertiary/aromatic N) is 1. The molecular formula is C23H27N3O5.